The Balaban J connectivity index is 1.48. The number of fused-ring (bicyclic) bond motifs is 5. The standard InChI is InChI=1S/C25H42O2/c1-17(26)6-5-7-18-9-11-21-20-10-8-19-16-23(2,27)14-15-25(19,4)22(20)12-13-24(18,21)3/h18-22,27H,5-16H2,1-4H3/t18-,19-,20?,21?,22?,23-,24+,25-/m0/s1. The predicted octanol–water partition coefficient (Wildman–Crippen LogP) is 6.16. The lowest BCUT2D eigenvalue weighted by Gasteiger charge is -2.62. The summed E-state index contributed by atoms with van der Waals surface area (Å²) in [7, 11) is 0. The molecule has 4 aliphatic carbocycles. The van der Waals surface area contributed by atoms with Crippen LogP contribution in [-0.4, -0.2) is 16.5 Å². The van der Waals surface area contributed by atoms with Gasteiger partial charge in [0, 0.05) is 6.42 Å². The van der Waals surface area contributed by atoms with Crippen molar-refractivity contribution in [3.8, 4) is 0 Å². The number of hydrogen-bond donors (Lipinski definition) is 1. The maximum atomic E-state index is 11.4. The molecular weight excluding hydrogens is 332 g/mol. The molecular formula is C25H42O2. The van der Waals surface area contributed by atoms with Crippen molar-refractivity contribution in [2.75, 3.05) is 0 Å². The molecule has 154 valence electrons. The molecule has 0 heterocycles. The second-order valence-electron chi connectivity index (χ2n) is 11.8. The van der Waals surface area contributed by atoms with Gasteiger partial charge in [0.1, 0.15) is 5.78 Å². The van der Waals surface area contributed by atoms with E-state index >= 15 is 0 Å². The molecule has 8 atom stereocenters. The summed E-state index contributed by atoms with van der Waals surface area (Å²) in [5.41, 5.74) is 0.579. The minimum absolute atomic E-state index is 0.359. The third-order valence-corrected chi connectivity index (χ3v) is 10.2. The fourth-order valence-electron chi connectivity index (χ4n) is 8.61. The van der Waals surface area contributed by atoms with Crippen molar-refractivity contribution < 1.29 is 9.90 Å². The van der Waals surface area contributed by atoms with Crippen LogP contribution >= 0.6 is 0 Å². The van der Waals surface area contributed by atoms with Crippen molar-refractivity contribution in [1.29, 1.82) is 0 Å². The minimum Gasteiger partial charge on any atom is -0.390 e. The first-order valence-electron chi connectivity index (χ1n) is 11.9. The number of hydrogen-bond acceptors (Lipinski definition) is 2. The van der Waals surface area contributed by atoms with Gasteiger partial charge in [-0.25, -0.2) is 0 Å². The molecule has 4 fully saturated rings. The van der Waals surface area contributed by atoms with Crippen molar-refractivity contribution in [2.45, 2.75) is 110 Å². The molecule has 0 bridgehead atoms. The molecule has 2 heteroatoms. The number of carbonyl (C=O) groups is 1. The van der Waals surface area contributed by atoms with Gasteiger partial charge >= 0.3 is 0 Å². The smallest absolute Gasteiger partial charge is 0.129 e. The molecule has 27 heavy (non-hydrogen) atoms. The van der Waals surface area contributed by atoms with E-state index in [0.717, 1.165) is 55.3 Å². The van der Waals surface area contributed by atoms with E-state index in [0.29, 0.717) is 16.6 Å². The summed E-state index contributed by atoms with van der Waals surface area (Å²) in [5, 5.41) is 10.6. The molecule has 2 nitrogen and oxygen atoms in total. The summed E-state index contributed by atoms with van der Waals surface area (Å²) in [6, 6.07) is 0. The first-order chi connectivity index (χ1) is 12.7. The Labute approximate surface area is 166 Å². The second-order valence-corrected chi connectivity index (χ2v) is 11.8. The highest BCUT2D eigenvalue weighted by molar-refractivity contribution is 5.75. The lowest BCUT2D eigenvalue weighted by Crippen LogP contribution is -2.55. The summed E-state index contributed by atoms with van der Waals surface area (Å²) in [6.07, 6.45) is 14.8. The molecule has 0 saturated heterocycles. The number of rotatable bonds is 4. The summed E-state index contributed by atoms with van der Waals surface area (Å²) in [4.78, 5) is 11.4. The normalized spacial score (nSPS) is 52.0. The summed E-state index contributed by atoms with van der Waals surface area (Å²) in [5.74, 6) is 4.67. The second kappa shape index (κ2) is 6.85. The van der Waals surface area contributed by atoms with Gasteiger partial charge in [-0.3, -0.25) is 0 Å². The quantitative estimate of drug-likeness (QED) is 0.640. The van der Waals surface area contributed by atoms with E-state index in [-0.39, 0.29) is 0 Å². The van der Waals surface area contributed by atoms with E-state index in [1.54, 1.807) is 6.92 Å². The number of carbonyl (C=O) groups excluding carboxylic acids is 1. The first kappa shape index (κ1) is 19.9. The average Bonchev–Trinajstić information content (AvgIpc) is 2.92. The van der Waals surface area contributed by atoms with Crippen LogP contribution in [0.2, 0.25) is 0 Å². The van der Waals surface area contributed by atoms with E-state index < -0.39 is 5.60 Å². The van der Waals surface area contributed by atoms with Crippen LogP contribution in [0, 0.1) is 40.4 Å². The van der Waals surface area contributed by atoms with Crippen LogP contribution in [-0.2, 0) is 4.79 Å². The zero-order valence-corrected chi connectivity index (χ0v) is 18.2. The Hall–Kier alpha value is -0.370. The third kappa shape index (κ3) is 3.32. The van der Waals surface area contributed by atoms with Gasteiger partial charge in [0.25, 0.3) is 0 Å². The molecule has 0 amide bonds. The SMILES string of the molecule is CC(=O)CCC[C@H]1CCC2C3CC[C@H]4C[C@@](C)(O)CC[C@]4(C)C3CC[C@@]21C. The Morgan fingerprint density at radius 3 is 2.41 bits per heavy atom. The number of ketones is 1. The number of Topliss-reactive ketones (excluding diaryl/α,β-unsaturated/α-hetero) is 1. The van der Waals surface area contributed by atoms with Crippen molar-refractivity contribution in [3.05, 3.63) is 0 Å². The van der Waals surface area contributed by atoms with Gasteiger partial charge in [-0.05, 0) is 125 Å². The highest BCUT2D eigenvalue weighted by Crippen LogP contribution is 2.68. The van der Waals surface area contributed by atoms with Gasteiger partial charge in [-0.15, -0.1) is 0 Å². The summed E-state index contributed by atoms with van der Waals surface area (Å²) >= 11 is 0. The molecule has 4 saturated carbocycles. The van der Waals surface area contributed by atoms with Gasteiger partial charge in [-0.2, -0.15) is 0 Å². The molecule has 0 aromatic carbocycles. The molecule has 4 aliphatic rings. The van der Waals surface area contributed by atoms with Crippen LogP contribution in [0.4, 0.5) is 0 Å². The van der Waals surface area contributed by atoms with Crippen LogP contribution in [0.5, 0.6) is 0 Å². The molecule has 0 radical (unpaired) electrons. The molecule has 0 spiro atoms. The average molecular weight is 375 g/mol. The monoisotopic (exact) mass is 374 g/mol. The van der Waals surface area contributed by atoms with Crippen molar-refractivity contribution >= 4 is 5.78 Å². The zero-order valence-electron chi connectivity index (χ0n) is 18.2. The molecule has 0 aromatic rings. The Kier molecular flexibility index (Phi) is 5.06. The van der Waals surface area contributed by atoms with Gasteiger partial charge in [0.15, 0.2) is 0 Å². The van der Waals surface area contributed by atoms with Crippen molar-refractivity contribution in [1.82, 2.24) is 0 Å². The molecule has 0 aliphatic heterocycles. The van der Waals surface area contributed by atoms with Crippen molar-refractivity contribution in [2.24, 2.45) is 40.4 Å². The maximum absolute atomic E-state index is 11.4. The van der Waals surface area contributed by atoms with E-state index in [2.05, 4.69) is 20.8 Å². The van der Waals surface area contributed by atoms with Crippen LogP contribution in [0.15, 0.2) is 0 Å². The van der Waals surface area contributed by atoms with Crippen LogP contribution in [0.3, 0.4) is 0 Å². The Morgan fingerprint density at radius 1 is 0.926 bits per heavy atom. The third-order valence-electron chi connectivity index (χ3n) is 10.2. The van der Waals surface area contributed by atoms with Crippen LogP contribution in [0.1, 0.15) is 105 Å². The predicted molar refractivity (Wildman–Crippen MR) is 110 cm³/mol. The fraction of sp³-hybridized carbons (Fsp3) is 0.960. The zero-order chi connectivity index (χ0) is 19.4. The molecule has 1 N–H and O–H groups in total. The van der Waals surface area contributed by atoms with Gasteiger partial charge in [0.2, 0.25) is 0 Å². The highest BCUT2D eigenvalue weighted by atomic mass is 16.3. The largest absolute Gasteiger partial charge is 0.390 e. The maximum Gasteiger partial charge on any atom is 0.129 e. The molecule has 0 aromatic heterocycles. The van der Waals surface area contributed by atoms with Crippen LogP contribution < -0.4 is 0 Å². The number of aliphatic hydroxyl groups is 1. The van der Waals surface area contributed by atoms with Gasteiger partial charge in [0.05, 0.1) is 5.60 Å². The molecule has 4 rings (SSSR count). The fourth-order valence-corrected chi connectivity index (χ4v) is 8.61. The van der Waals surface area contributed by atoms with Crippen molar-refractivity contribution in [3.63, 3.8) is 0 Å². The Bertz CT molecular complexity index is 581. The topological polar surface area (TPSA) is 37.3 Å². The summed E-state index contributed by atoms with van der Waals surface area (Å²) in [6.45, 7) is 9.01. The van der Waals surface area contributed by atoms with E-state index in [1.165, 1.54) is 51.4 Å². The minimum atomic E-state index is -0.421. The highest BCUT2D eigenvalue weighted by Gasteiger charge is 2.60. The summed E-state index contributed by atoms with van der Waals surface area (Å²) < 4.78 is 0. The first-order valence-corrected chi connectivity index (χ1v) is 11.9. The van der Waals surface area contributed by atoms with E-state index in [9.17, 15) is 9.90 Å². The lowest BCUT2D eigenvalue weighted by atomic mass is 9.44. The van der Waals surface area contributed by atoms with E-state index in [4.69, 9.17) is 0 Å². The van der Waals surface area contributed by atoms with E-state index in [1.807, 2.05) is 0 Å². The Morgan fingerprint density at radius 2 is 1.67 bits per heavy atom. The van der Waals surface area contributed by atoms with Gasteiger partial charge in [-0.1, -0.05) is 13.8 Å². The van der Waals surface area contributed by atoms with Gasteiger partial charge < -0.3 is 9.90 Å². The molecule has 3 unspecified atom stereocenters. The van der Waals surface area contributed by atoms with Crippen LogP contribution in [0.25, 0.3) is 0 Å². The lowest BCUT2D eigenvalue weighted by molar-refractivity contribution is -0.146.